The van der Waals surface area contributed by atoms with Crippen LogP contribution in [0, 0.1) is 0 Å². The maximum absolute atomic E-state index is 5.02. The third-order valence-electron chi connectivity index (χ3n) is 5.03. The van der Waals surface area contributed by atoms with Gasteiger partial charge in [0.15, 0.2) is 0 Å². The predicted molar refractivity (Wildman–Crippen MR) is 107 cm³/mol. The first kappa shape index (κ1) is 13.7. The van der Waals surface area contributed by atoms with E-state index in [1.165, 1.54) is 10.8 Å². The molecule has 0 aliphatic heterocycles. The summed E-state index contributed by atoms with van der Waals surface area (Å²) in [7, 11) is 0. The predicted octanol–water partition coefficient (Wildman–Crippen LogP) is 5.64. The van der Waals surface area contributed by atoms with Crippen molar-refractivity contribution in [3.63, 3.8) is 0 Å². The van der Waals surface area contributed by atoms with E-state index in [1.807, 2.05) is 24.4 Å². The van der Waals surface area contributed by atoms with Crippen LogP contribution < -0.4 is 0 Å². The van der Waals surface area contributed by atoms with E-state index in [1.54, 1.807) is 0 Å². The number of fused-ring (bicyclic) bond motifs is 8. The standard InChI is InChI=1S/C23H13N3/c1-2-7-15-13-20-19(12-14(15)6-1)25-22-17-9-4-3-8-16(17)21-18(23(22)26-20)10-5-11-24-21/h1-13H. The molecule has 120 valence electrons. The molecule has 3 nitrogen and oxygen atoms in total. The molecule has 6 aromatic rings. The van der Waals surface area contributed by atoms with Gasteiger partial charge in [-0.25, -0.2) is 9.97 Å². The van der Waals surface area contributed by atoms with Crippen molar-refractivity contribution < 1.29 is 0 Å². The lowest BCUT2D eigenvalue weighted by Crippen LogP contribution is -1.92. The van der Waals surface area contributed by atoms with E-state index < -0.39 is 0 Å². The normalized spacial score (nSPS) is 11.8. The minimum absolute atomic E-state index is 0.912. The average molecular weight is 331 g/mol. The van der Waals surface area contributed by atoms with E-state index in [9.17, 15) is 0 Å². The summed E-state index contributed by atoms with van der Waals surface area (Å²) >= 11 is 0. The first-order valence-electron chi connectivity index (χ1n) is 8.64. The Bertz CT molecular complexity index is 1370. The molecule has 0 unspecified atom stereocenters. The minimum atomic E-state index is 0.912. The number of rotatable bonds is 0. The number of hydrogen-bond donors (Lipinski definition) is 0. The lowest BCUT2D eigenvalue weighted by Gasteiger charge is -2.09. The van der Waals surface area contributed by atoms with Crippen molar-refractivity contribution in [3.05, 3.63) is 79.0 Å². The Morgan fingerprint density at radius 3 is 1.73 bits per heavy atom. The molecule has 2 aromatic heterocycles. The molecule has 0 amide bonds. The van der Waals surface area contributed by atoms with Gasteiger partial charge in [0.2, 0.25) is 0 Å². The van der Waals surface area contributed by atoms with Crippen molar-refractivity contribution in [1.29, 1.82) is 0 Å². The van der Waals surface area contributed by atoms with Crippen LogP contribution in [0.4, 0.5) is 0 Å². The van der Waals surface area contributed by atoms with Crippen molar-refractivity contribution in [2.75, 3.05) is 0 Å². The fraction of sp³-hybridized carbons (Fsp3) is 0. The molecular weight excluding hydrogens is 318 g/mol. The molecule has 26 heavy (non-hydrogen) atoms. The van der Waals surface area contributed by atoms with Crippen LogP contribution in [0.2, 0.25) is 0 Å². The Morgan fingerprint density at radius 2 is 1.04 bits per heavy atom. The van der Waals surface area contributed by atoms with E-state index in [0.717, 1.165) is 43.7 Å². The van der Waals surface area contributed by atoms with Crippen LogP contribution >= 0.6 is 0 Å². The molecule has 3 heteroatoms. The molecule has 0 aliphatic carbocycles. The van der Waals surface area contributed by atoms with Gasteiger partial charge in [0.25, 0.3) is 0 Å². The maximum atomic E-state index is 5.02. The zero-order valence-corrected chi connectivity index (χ0v) is 13.8. The Hall–Kier alpha value is -3.59. The number of hydrogen-bond acceptors (Lipinski definition) is 3. The van der Waals surface area contributed by atoms with Gasteiger partial charge in [0, 0.05) is 22.4 Å². The third kappa shape index (κ3) is 1.80. The topological polar surface area (TPSA) is 38.7 Å². The molecule has 2 heterocycles. The summed E-state index contributed by atoms with van der Waals surface area (Å²) in [6, 6.07) is 24.9. The number of benzene rings is 4. The van der Waals surface area contributed by atoms with Crippen LogP contribution in [0.3, 0.4) is 0 Å². The van der Waals surface area contributed by atoms with Crippen molar-refractivity contribution >= 4 is 54.5 Å². The highest BCUT2D eigenvalue weighted by Gasteiger charge is 2.12. The first-order valence-corrected chi connectivity index (χ1v) is 8.64. The molecule has 0 fully saturated rings. The Balaban J connectivity index is 1.91. The lowest BCUT2D eigenvalue weighted by molar-refractivity contribution is 1.40. The van der Waals surface area contributed by atoms with Crippen molar-refractivity contribution in [1.82, 2.24) is 15.0 Å². The molecule has 0 aliphatic rings. The lowest BCUT2D eigenvalue weighted by atomic mass is 10.0. The van der Waals surface area contributed by atoms with Crippen LogP contribution in [0.15, 0.2) is 79.0 Å². The molecule has 4 aromatic carbocycles. The van der Waals surface area contributed by atoms with E-state index in [-0.39, 0.29) is 0 Å². The number of pyridine rings is 1. The summed E-state index contributed by atoms with van der Waals surface area (Å²) < 4.78 is 0. The summed E-state index contributed by atoms with van der Waals surface area (Å²) in [4.78, 5) is 14.6. The van der Waals surface area contributed by atoms with Gasteiger partial charge in [-0.2, -0.15) is 0 Å². The Kier molecular flexibility index (Phi) is 2.61. The highest BCUT2D eigenvalue weighted by Crippen LogP contribution is 2.33. The van der Waals surface area contributed by atoms with Gasteiger partial charge in [0.05, 0.1) is 27.6 Å². The monoisotopic (exact) mass is 331 g/mol. The summed E-state index contributed by atoms with van der Waals surface area (Å²) in [6.07, 6.45) is 1.84. The molecule has 0 N–H and O–H groups in total. The smallest absolute Gasteiger partial charge is 0.0995 e. The van der Waals surface area contributed by atoms with Crippen LogP contribution in [-0.4, -0.2) is 15.0 Å². The fourth-order valence-corrected chi connectivity index (χ4v) is 3.82. The van der Waals surface area contributed by atoms with Gasteiger partial charge in [-0.3, -0.25) is 4.98 Å². The molecule has 0 atom stereocenters. The quantitative estimate of drug-likeness (QED) is 0.267. The van der Waals surface area contributed by atoms with Gasteiger partial charge in [-0.05, 0) is 35.0 Å². The Labute approximate surface area is 148 Å². The van der Waals surface area contributed by atoms with Crippen LogP contribution in [0.1, 0.15) is 0 Å². The second-order valence-corrected chi connectivity index (χ2v) is 6.55. The largest absolute Gasteiger partial charge is 0.256 e. The molecule has 0 saturated carbocycles. The zero-order valence-electron chi connectivity index (χ0n) is 13.8. The third-order valence-corrected chi connectivity index (χ3v) is 5.03. The SMILES string of the molecule is c1ccc2cc3nc4c5cccnc5c5ccccc5c4nc3cc2c1. The minimum Gasteiger partial charge on any atom is -0.256 e. The van der Waals surface area contributed by atoms with E-state index >= 15 is 0 Å². The summed E-state index contributed by atoms with van der Waals surface area (Å²) in [5, 5.41) is 5.61. The molecule has 6 rings (SSSR count). The van der Waals surface area contributed by atoms with Crippen LogP contribution in [-0.2, 0) is 0 Å². The number of nitrogens with zero attached hydrogens (tertiary/aromatic N) is 3. The van der Waals surface area contributed by atoms with Gasteiger partial charge >= 0.3 is 0 Å². The van der Waals surface area contributed by atoms with Crippen LogP contribution in [0.25, 0.3) is 54.5 Å². The first-order chi connectivity index (χ1) is 12.9. The number of aromatic nitrogens is 3. The van der Waals surface area contributed by atoms with Gasteiger partial charge in [-0.1, -0.05) is 48.5 Å². The van der Waals surface area contributed by atoms with Crippen molar-refractivity contribution in [2.24, 2.45) is 0 Å². The summed E-state index contributed by atoms with van der Waals surface area (Å²) in [5.74, 6) is 0. The highest BCUT2D eigenvalue weighted by atomic mass is 14.8. The Morgan fingerprint density at radius 1 is 0.500 bits per heavy atom. The second-order valence-electron chi connectivity index (χ2n) is 6.55. The molecule has 0 bridgehead atoms. The molecule has 0 spiro atoms. The van der Waals surface area contributed by atoms with Gasteiger partial charge < -0.3 is 0 Å². The fourth-order valence-electron chi connectivity index (χ4n) is 3.82. The van der Waals surface area contributed by atoms with E-state index in [4.69, 9.17) is 9.97 Å². The second kappa shape index (κ2) is 4.96. The van der Waals surface area contributed by atoms with Gasteiger partial charge in [0.1, 0.15) is 0 Å². The zero-order chi connectivity index (χ0) is 17.1. The van der Waals surface area contributed by atoms with Crippen molar-refractivity contribution in [2.45, 2.75) is 0 Å². The van der Waals surface area contributed by atoms with Crippen molar-refractivity contribution in [3.8, 4) is 0 Å². The highest BCUT2D eigenvalue weighted by molar-refractivity contribution is 6.22. The van der Waals surface area contributed by atoms with E-state index in [0.29, 0.717) is 0 Å². The molecule has 0 radical (unpaired) electrons. The van der Waals surface area contributed by atoms with Crippen LogP contribution in [0.5, 0.6) is 0 Å². The molecular formula is C23H13N3. The summed E-state index contributed by atoms with van der Waals surface area (Å²) in [6.45, 7) is 0. The summed E-state index contributed by atoms with van der Waals surface area (Å²) in [5.41, 5.74) is 4.66. The molecule has 0 saturated heterocycles. The maximum Gasteiger partial charge on any atom is 0.0995 e. The van der Waals surface area contributed by atoms with E-state index in [2.05, 4.69) is 59.6 Å². The van der Waals surface area contributed by atoms with Gasteiger partial charge in [-0.15, -0.1) is 0 Å². The average Bonchev–Trinajstić information content (AvgIpc) is 2.71.